The van der Waals surface area contributed by atoms with E-state index in [1.807, 2.05) is 62.4 Å². The summed E-state index contributed by atoms with van der Waals surface area (Å²) >= 11 is 0. The van der Waals surface area contributed by atoms with E-state index >= 15 is 0 Å². The third-order valence-corrected chi connectivity index (χ3v) is 7.56. The fourth-order valence-corrected chi connectivity index (χ4v) is 5.96. The summed E-state index contributed by atoms with van der Waals surface area (Å²) in [4.78, 5) is 4.38. The van der Waals surface area contributed by atoms with Gasteiger partial charge in [0, 0.05) is 26.4 Å². The van der Waals surface area contributed by atoms with Gasteiger partial charge in [0.05, 0.1) is 0 Å². The van der Waals surface area contributed by atoms with Crippen molar-refractivity contribution in [3.8, 4) is 5.69 Å². The summed E-state index contributed by atoms with van der Waals surface area (Å²) < 4.78 is 58.1. The zero-order valence-electron chi connectivity index (χ0n) is 16.2. The second-order valence-electron chi connectivity index (χ2n) is 6.82. The highest BCUT2D eigenvalue weighted by atomic mass is 31.1. The third kappa shape index (κ3) is 3.41. The number of rotatable bonds is 4. The van der Waals surface area contributed by atoms with Crippen molar-refractivity contribution in [3.05, 3.63) is 101 Å². The van der Waals surface area contributed by atoms with E-state index in [-0.39, 0.29) is 6.07 Å². The Kier molecular flexibility index (Phi) is 5.44. The predicted octanol–water partition coefficient (Wildman–Crippen LogP) is 4.80. The number of hydrogen-bond donors (Lipinski definition) is 0. The molecule has 0 saturated carbocycles. The van der Waals surface area contributed by atoms with Gasteiger partial charge in [-0.15, -0.1) is 0 Å². The molecule has 30 heavy (non-hydrogen) atoms. The molecule has 0 aliphatic heterocycles. The van der Waals surface area contributed by atoms with Crippen molar-refractivity contribution >= 4 is 24.1 Å². The van der Waals surface area contributed by atoms with Crippen LogP contribution in [-0.4, -0.2) is 9.55 Å². The van der Waals surface area contributed by atoms with Crippen LogP contribution >= 0.6 is 7.92 Å². The van der Waals surface area contributed by atoms with Crippen molar-refractivity contribution in [2.75, 3.05) is 0 Å². The molecule has 0 atom stereocenters. The van der Waals surface area contributed by atoms with Crippen LogP contribution in [0.1, 0.15) is 11.1 Å². The van der Waals surface area contributed by atoms with Crippen LogP contribution in [0.5, 0.6) is 0 Å². The van der Waals surface area contributed by atoms with E-state index in [9.17, 15) is 17.6 Å². The molecule has 2 nitrogen and oxygen atoms in total. The number of aryl methyl sites for hydroxylation is 2. The first-order valence-electron chi connectivity index (χ1n) is 9.18. The molecule has 0 radical (unpaired) electrons. The van der Waals surface area contributed by atoms with Crippen LogP contribution in [0.2, 0.25) is 0 Å². The van der Waals surface area contributed by atoms with Crippen LogP contribution in [-0.2, 0) is 0 Å². The van der Waals surface area contributed by atoms with E-state index in [0.717, 1.165) is 26.3 Å². The van der Waals surface area contributed by atoms with Gasteiger partial charge in [0.1, 0.15) is 11.3 Å². The maximum absolute atomic E-state index is 14.6. The van der Waals surface area contributed by atoms with Gasteiger partial charge in [0.2, 0.25) is 0 Å². The molecular weight excluding hydrogens is 411 g/mol. The minimum absolute atomic E-state index is 0.205. The summed E-state index contributed by atoms with van der Waals surface area (Å²) in [6.07, 6.45) is 2.70. The molecule has 0 aliphatic carbocycles. The lowest BCUT2D eigenvalue weighted by Crippen LogP contribution is -2.30. The molecule has 152 valence electrons. The first-order chi connectivity index (χ1) is 14.4. The predicted molar refractivity (Wildman–Crippen MR) is 112 cm³/mol. The molecule has 0 N–H and O–H groups in total. The summed E-state index contributed by atoms with van der Waals surface area (Å²) in [6, 6.07) is 15.5. The molecule has 0 aliphatic rings. The lowest BCUT2D eigenvalue weighted by atomic mass is 10.2. The number of imidazole rings is 1. The summed E-state index contributed by atoms with van der Waals surface area (Å²) in [5.41, 5.74) is 1.46. The van der Waals surface area contributed by atoms with Crippen LogP contribution < -0.4 is 16.2 Å². The number of hydrogen-bond acceptors (Lipinski definition) is 1. The maximum atomic E-state index is 14.6. The number of nitrogens with zero attached hydrogens (tertiary/aromatic N) is 2. The highest BCUT2D eigenvalue weighted by Gasteiger charge is 2.28. The highest BCUT2D eigenvalue weighted by molar-refractivity contribution is 7.79. The van der Waals surface area contributed by atoms with Gasteiger partial charge < -0.3 is 0 Å². The van der Waals surface area contributed by atoms with Crippen molar-refractivity contribution in [1.82, 2.24) is 9.55 Å². The topological polar surface area (TPSA) is 17.8 Å². The van der Waals surface area contributed by atoms with Gasteiger partial charge in [-0.3, -0.25) is 4.57 Å². The van der Waals surface area contributed by atoms with Crippen molar-refractivity contribution in [2.24, 2.45) is 0 Å². The molecule has 3 aromatic carbocycles. The van der Waals surface area contributed by atoms with Crippen molar-refractivity contribution < 1.29 is 17.6 Å². The van der Waals surface area contributed by atoms with Crippen LogP contribution in [0.25, 0.3) is 5.69 Å². The zero-order chi connectivity index (χ0) is 21.4. The van der Waals surface area contributed by atoms with Crippen LogP contribution in [0, 0.1) is 37.1 Å². The van der Waals surface area contributed by atoms with E-state index in [1.54, 1.807) is 0 Å². The minimum Gasteiger partial charge on any atom is -0.294 e. The Morgan fingerprint density at radius 2 is 1.27 bits per heavy atom. The number of halogens is 4. The Morgan fingerprint density at radius 1 is 0.767 bits per heavy atom. The third-order valence-electron chi connectivity index (χ3n) is 4.86. The standard InChI is InChI=1S/C23H17F4N2P/c1-14-7-3-5-9-18(14)30(19-10-6-4-8-15(19)2)23-28-11-12-29(23)22-20(26)16(24)13-17(25)21(22)27/h3-13H,1-2H3. The van der Waals surface area contributed by atoms with E-state index in [2.05, 4.69) is 4.98 Å². The lowest BCUT2D eigenvalue weighted by Gasteiger charge is -2.23. The van der Waals surface area contributed by atoms with Crippen molar-refractivity contribution in [3.63, 3.8) is 0 Å². The summed E-state index contributed by atoms with van der Waals surface area (Å²) in [5.74, 6) is -5.84. The Morgan fingerprint density at radius 3 is 1.77 bits per heavy atom. The lowest BCUT2D eigenvalue weighted by molar-refractivity contribution is 0.448. The van der Waals surface area contributed by atoms with Crippen molar-refractivity contribution in [2.45, 2.75) is 13.8 Å². The molecule has 0 saturated heterocycles. The van der Waals surface area contributed by atoms with Crippen molar-refractivity contribution in [1.29, 1.82) is 0 Å². The molecule has 0 bridgehead atoms. The molecule has 0 spiro atoms. The fourth-order valence-electron chi connectivity index (χ4n) is 3.38. The molecule has 7 heteroatoms. The molecule has 4 rings (SSSR count). The fraction of sp³-hybridized carbons (Fsp3) is 0.0870. The monoisotopic (exact) mass is 428 g/mol. The molecule has 4 aromatic rings. The van der Waals surface area contributed by atoms with E-state index in [1.165, 1.54) is 12.4 Å². The van der Waals surface area contributed by atoms with Gasteiger partial charge in [-0.2, -0.15) is 0 Å². The second-order valence-corrected chi connectivity index (χ2v) is 8.86. The summed E-state index contributed by atoms with van der Waals surface area (Å²) in [5, 5.41) is 1.87. The smallest absolute Gasteiger partial charge is 0.186 e. The van der Waals surface area contributed by atoms with Crippen LogP contribution in [0.3, 0.4) is 0 Å². The maximum Gasteiger partial charge on any atom is 0.186 e. The van der Waals surface area contributed by atoms with E-state index in [4.69, 9.17) is 0 Å². The van der Waals surface area contributed by atoms with Gasteiger partial charge in [0.15, 0.2) is 23.3 Å². The van der Waals surface area contributed by atoms with Crippen LogP contribution in [0.4, 0.5) is 17.6 Å². The van der Waals surface area contributed by atoms with E-state index < -0.39 is 36.9 Å². The van der Waals surface area contributed by atoms with Gasteiger partial charge in [-0.25, -0.2) is 22.5 Å². The average Bonchev–Trinajstić information content (AvgIpc) is 3.19. The Labute approximate surface area is 172 Å². The first-order valence-corrected chi connectivity index (χ1v) is 10.5. The number of aromatic nitrogens is 2. The van der Waals surface area contributed by atoms with Gasteiger partial charge in [-0.05, 0) is 35.6 Å². The molecule has 0 unspecified atom stereocenters. The normalized spacial score (nSPS) is 11.3. The Hall–Kier alpha value is -2.98. The largest absolute Gasteiger partial charge is 0.294 e. The van der Waals surface area contributed by atoms with Gasteiger partial charge in [-0.1, -0.05) is 48.5 Å². The van der Waals surface area contributed by atoms with Gasteiger partial charge in [0.25, 0.3) is 0 Å². The molecule has 1 aromatic heterocycles. The minimum atomic E-state index is -1.46. The average molecular weight is 428 g/mol. The molecule has 0 fully saturated rings. The van der Waals surface area contributed by atoms with Gasteiger partial charge >= 0.3 is 0 Å². The SMILES string of the molecule is Cc1ccccc1P(c1ccccc1C)c1nccn1-c1c(F)c(F)cc(F)c1F. The highest BCUT2D eigenvalue weighted by Crippen LogP contribution is 2.36. The Balaban J connectivity index is 2.03. The number of benzene rings is 3. The zero-order valence-corrected chi connectivity index (χ0v) is 17.1. The quantitative estimate of drug-likeness (QED) is 0.259. The second kappa shape index (κ2) is 8.04. The van der Waals surface area contributed by atoms with E-state index in [0.29, 0.717) is 5.57 Å². The molecule has 1 heterocycles. The molecule has 0 amide bonds. The summed E-state index contributed by atoms with van der Waals surface area (Å²) in [7, 11) is -1.37. The van der Waals surface area contributed by atoms with Crippen LogP contribution in [0.15, 0.2) is 67.0 Å². The Bertz CT molecular complexity index is 1160. The first kappa shape index (κ1) is 20.3. The summed E-state index contributed by atoms with van der Waals surface area (Å²) in [6.45, 7) is 3.89. The molecular formula is C23H17F4N2P.